The number of carbonyl (C=O) groups excluding carboxylic acids is 1. The maximum Gasteiger partial charge on any atom is 0.153 e. The van der Waals surface area contributed by atoms with Crippen LogP contribution in [0.2, 0.25) is 5.02 Å². The van der Waals surface area contributed by atoms with Gasteiger partial charge in [0.1, 0.15) is 42.1 Å². The van der Waals surface area contributed by atoms with Crippen molar-refractivity contribution in [2.75, 3.05) is 26.2 Å². The Labute approximate surface area is 267 Å². The zero-order valence-corrected chi connectivity index (χ0v) is 26.1. The summed E-state index contributed by atoms with van der Waals surface area (Å²) in [6.45, 7) is 7.30. The van der Waals surface area contributed by atoms with Gasteiger partial charge in [0.15, 0.2) is 6.29 Å². The van der Waals surface area contributed by atoms with Crippen LogP contribution in [0.3, 0.4) is 0 Å². The Balaban J connectivity index is 1.27. The normalized spacial score (nSPS) is 14.8. The molecule has 1 heterocycles. The van der Waals surface area contributed by atoms with Crippen LogP contribution in [-0.2, 0) is 13.2 Å². The minimum atomic E-state index is -0.716. The Morgan fingerprint density at radius 3 is 2.31 bits per heavy atom. The van der Waals surface area contributed by atoms with Gasteiger partial charge in [-0.15, -0.1) is 0 Å². The fourth-order valence-electron chi connectivity index (χ4n) is 5.57. The van der Waals surface area contributed by atoms with Gasteiger partial charge < -0.3 is 24.2 Å². The second kappa shape index (κ2) is 14.9. The van der Waals surface area contributed by atoms with Crippen LogP contribution in [0.5, 0.6) is 17.2 Å². The summed E-state index contributed by atoms with van der Waals surface area (Å²) in [7, 11) is 0. The number of nitrogens with zero attached hydrogens (tertiary/aromatic N) is 1. The molecule has 1 saturated heterocycles. The van der Waals surface area contributed by atoms with Crippen molar-refractivity contribution in [3.8, 4) is 28.4 Å². The van der Waals surface area contributed by atoms with Crippen LogP contribution in [-0.4, -0.2) is 48.6 Å². The molecule has 0 amide bonds. The second-order valence-electron chi connectivity index (χ2n) is 11.3. The molecule has 5 rings (SSSR count). The first-order valence-electron chi connectivity index (χ1n) is 14.9. The number of carbonyl (C=O) groups is 1. The minimum absolute atomic E-state index is 0.150. The second-order valence-corrected chi connectivity index (χ2v) is 11.7. The number of halogens is 3. The van der Waals surface area contributed by atoms with Gasteiger partial charge >= 0.3 is 0 Å². The van der Waals surface area contributed by atoms with Gasteiger partial charge in [-0.1, -0.05) is 41.9 Å². The first-order chi connectivity index (χ1) is 21.7. The van der Waals surface area contributed by atoms with Crippen molar-refractivity contribution in [1.82, 2.24) is 4.90 Å². The third kappa shape index (κ3) is 8.19. The third-order valence-corrected chi connectivity index (χ3v) is 8.33. The molecule has 0 radical (unpaired) electrons. The standard InChI is InChI=1S/C36H36ClF2NO5/c1-23-26(22-45-36-18-35(27(20-41)16-33(36)37)44-21-25-14-28(38)17-29(39)15-25)6-3-7-31(23)32-8-4-9-34(24(32)2)43-13-5-11-40-12-10-30(42)19-40/h3-4,6-9,14-18,20,30,42H,5,10-13,19,21-22H2,1-2H3. The van der Waals surface area contributed by atoms with E-state index in [1.54, 1.807) is 0 Å². The van der Waals surface area contributed by atoms with E-state index in [1.807, 2.05) is 31.2 Å². The first-order valence-corrected chi connectivity index (χ1v) is 15.3. The van der Waals surface area contributed by atoms with E-state index in [4.69, 9.17) is 25.8 Å². The summed E-state index contributed by atoms with van der Waals surface area (Å²) in [5.41, 5.74) is 5.61. The molecule has 1 fully saturated rings. The van der Waals surface area contributed by atoms with Crippen LogP contribution in [0.1, 0.15) is 45.5 Å². The molecule has 0 saturated carbocycles. The molecule has 45 heavy (non-hydrogen) atoms. The van der Waals surface area contributed by atoms with Gasteiger partial charge in [0.2, 0.25) is 0 Å². The van der Waals surface area contributed by atoms with Crippen LogP contribution in [0.25, 0.3) is 11.1 Å². The Kier molecular flexibility index (Phi) is 10.7. The number of likely N-dealkylation sites (tertiary alicyclic amines) is 1. The Bertz CT molecular complexity index is 1640. The fraction of sp³-hybridized carbons (Fsp3) is 0.306. The number of aliphatic hydroxyl groups is 1. The maximum absolute atomic E-state index is 13.6. The maximum atomic E-state index is 13.6. The van der Waals surface area contributed by atoms with Crippen LogP contribution in [0, 0.1) is 25.5 Å². The van der Waals surface area contributed by atoms with E-state index in [0.29, 0.717) is 18.6 Å². The van der Waals surface area contributed by atoms with Crippen LogP contribution in [0.4, 0.5) is 8.78 Å². The molecule has 0 aliphatic carbocycles. The molecule has 0 aromatic heterocycles. The van der Waals surface area contributed by atoms with Gasteiger partial charge in [-0.25, -0.2) is 8.78 Å². The highest BCUT2D eigenvalue weighted by molar-refractivity contribution is 6.32. The average molecular weight is 636 g/mol. The quantitative estimate of drug-likeness (QED) is 0.120. The lowest BCUT2D eigenvalue weighted by Gasteiger charge is -2.18. The van der Waals surface area contributed by atoms with Gasteiger partial charge in [-0.3, -0.25) is 4.79 Å². The number of aldehydes is 1. The highest BCUT2D eigenvalue weighted by Gasteiger charge is 2.19. The molecular weight excluding hydrogens is 600 g/mol. The number of benzene rings is 4. The van der Waals surface area contributed by atoms with Crippen molar-refractivity contribution < 1.29 is 32.9 Å². The molecule has 4 aromatic rings. The summed E-state index contributed by atoms with van der Waals surface area (Å²) in [5.74, 6) is -0.101. The predicted molar refractivity (Wildman–Crippen MR) is 170 cm³/mol. The molecule has 4 aromatic carbocycles. The third-order valence-electron chi connectivity index (χ3n) is 8.04. The lowest BCUT2D eigenvalue weighted by molar-refractivity contribution is 0.111. The van der Waals surface area contributed by atoms with Crippen LogP contribution >= 0.6 is 11.6 Å². The summed E-state index contributed by atoms with van der Waals surface area (Å²) in [6.07, 6.45) is 2.10. The lowest BCUT2D eigenvalue weighted by atomic mass is 9.93. The topological polar surface area (TPSA) is 68.2 Å². The molecule has 1 unspecified atom stereocenters. The molecule has 1 aliphatic heterocycles. The molecule has 1 aliphatic rings. The summed E-state index contributed by atoms with van der Waals surface area (Å²) in [5, 5.41) is 9.97. The smallest absolute Gasteiger partial charge is 0.153 e. The molecule has 1 atom stereocenters. The van der Waals surface area contributed by atoms with E-state index in [2.05, 4.69) is 24.0 Å². The SMILES string of the molecule is Cc1c(COc2cc(OCc3cc(F)cc(F)c3)c(C=O)cc2Cl)cccc1-c1cccc(OCCCN2CCC(O)C2)c1C. The van der Waals surface area contributed by atoms with Gasteiger partial charge in [-0.2, -0.15) is 0 Å². The Morgan fingerprint density at radius 1 is 0.889 bits per heavy atom. The minimum Gasteiger partial charge on any atom is -0.493 e. The van der Waals surface area contributed by atoms with Crippen molar-refractivity contribution >= 4 is 17.9 Å². The number of β-amino-alcohol motifs (C(OH)–C–C–N with tert-alkyl or cyclic N) is 1. The zero-order chi connectivity index (χ0) is 31.9. The molecule has 1 N–H and O–H groups in total. The summed E-state index contributed by atoms with van der Waals surface area (Å²) < 4.78 is 45.2. The Morgan fingerprint density at radius 2 is 1.60 bits per heavy atom. The number of ether oxygens (including phenoxy) is 3. The molecule has 9 heteroatoms. The highest BCUT2D eigenvalue weighted by Crippen LogP contribution is 2.36. The van der Waals surface area contributed by atoms with Crippen molar-refractivity contribution in [3.63, 3.8) is 0 Å². The number of aliphatic hydroxyl groups excluding tert-OH is 1. The first kappa shape index (κ1) is 32.4. The van der Waals surface area contributed by atoms with E-state index < -0.39 is 11.6 Å². The molecule has 6 nitrogen and oxygen atoms in total. The Hall–Kier alpha value is -3.98. The summed E-state index contributed by atoms with van der Waals surface area (Å²) >= 11 is 6.44. The zero-order valence-electron chi connectivity index (χ0n) is 25.3. The fourth-order valence-corrected chi connectivity index (χ4v) is 5.80. The van der Waals surface area contributed by atoms with E-state index >= 15 is 0 Å². The number of hydrogen-bond acceptors (Lipinski definition) is 6. The van der Waals surface area contributed by atoms with E-state index in [1.165, 1.54) is 24.3 Å². The van der Waals surface area contributed by atoms with Gasteiger partial charge in [0.25, 0.3) is 0 Å². The van der Waals surface area contributed by atoms with Gasteiger partial charge in [-0.05, 0) is 84.3 Å². The summed E-state index contributed by atoms with van der Waals surface area (Å²) in [6, 6.07) is 18.1. The van der Waals surface area contributed by atoms with Gasteiger partial charge in [0.05, 0.1) is 23.3 Å². The van der Waals surface area contributed by atoms with E-state index in [9.17, 15) is 18.7 Å². The molecule has 0 spiro atoms. The molecule has 236 valence electrons. The van der Waals surface area contributed by atoms with E-state index in [0.717, 1.165) is 72.1 Å². The molecule has 0 bridgehead atoms. The number of hydrogen-bond donors (Lipinski definition) is 1. The highest BCUT2D eigenvalue weighted by atomic mass is 35.5. The van der Waals surface area contributed by atoms with Crippen molar-refractivity contribution in [3.05, 3.63) is 111 Å². The van der Waals surface area contributed by atoms with Crippen molar-refractivity contribution in [2.24, 2.45) is 0 Å². The predicted octanol–water partition coefficient (Wildman–Crippen LogP) is 7.71. The lowest BCUT2D eigenvalue weighted by Crippen LogP contribution is -2.24. The van der Waals surface area contributed by atoms with Crippen LogP contribution < -0.4 is 14.2 Å². The van der Waals surface area contributed by atoms with Crippen LogP contribution in [0.15, 0.2) is 66.7 Å². The van der Waals surface area contributed by atoms with Crippen molar-refractivity contribution in [2.45, 2.75) is 46.0 Å². The molecular formula is C36H36ClF2NO5. The number of rotatable bonds is 13. The monoisotopic (exact) mass is 635 g/mol. The largest absolute Gasteiger partial charge is 0.493 e. The average Bonchev–Trinajstić information content (AvgIpc) is 3.43. The summed E-state index contributed by atoms with van der Waals surface area (Å²) in [4.78, 5) is 13.9. The van der Waals surface area contributed by atoms with Crippen molar-refractivity contribution in [1.29, 1.82) is 0 Å². The van der Waals surface area contributed by atoms with E-state index in [-0.39, 0.29) is 41.2 Å². The van der Waals surface area contributed by atoms with Gasteiger partial charge in [0, 0.05) is 31.8 Å².